The van der Waals surface area contributed by atoms with Crippen molar-refractivity contribution in [3.63, 3.8) is 0 Å². The third-order valence-corrected chi connectivity index (χ3v) is 6.06. The van der Waals surface area contributed by atoms with E-state index in [1.54, 1.807) is 24.5 Å². The zero-order valence-electron chi connectivity index (χ0n) is 18.5. The minimum absolute atomic E-state index is 0.132. The Bertz CT molecular complexity index is 1170. The van der Waals surface area contributed by atoms with Crippen LogP contribution in [-0.4, -0.2) is 57.9 Å². The number of aryl methyl sites for hydroxylation is 1. The summed E-state index contributed by atoms with van der Waals surface area (Å²) in [5.41, 5.74) is 3.00. The van der Waals surface area contributed by atoms with Crippen molar-refractivity contribution in [3.8, 4) is 5.75 Å². The molecule has 1 fully saturated rings. The molecule has 2 aliphatic rings. The second kappa shape index (κ2) is 9.17. The van der Waals surface area contributed by atoms with Crippen molar-refractivity contribution < 1.29 is 19.1 Å². The zero-order chi connectivity index (χ0) is 22.8. The number of rotatable bonds is 5. The maximum absolute atomic E-state index is 13.6. The summed E-state index contributed by atoms with van der Waals surface area (Å²) in [6, 6.07) is 12.3. The number of pyridine rings is 1. The first-order chi connectivity index (χ1) is 16.1. The highest BCUT2D eigenvalue weighted by Crippen LogP contribution is 2.38. The number of amides is 1. The number of hydrazone groups is 1. The molecule has 170 valence electrons. The Labute approximate surface area is 192 Å². The largest absolute Gasteiger partial charge is 0.508 e. The quantitative estimate of drug-likeness (QED) is 0.645. The van der Waals surface area contributed by atoms with Gasteiger partial charge in [0.15, 0.2) is 5.76 Å². The van der Waals surface area contributed by atoms with Crippen LogP contribution in [0.3, 0.4) is 0 Å². The van der Waals surface area contributed by atoms with Crippen LogP contribution in [0.25, 0.3) is 0 Å². The molecule has 3 aromatic rings. The molecule has 0 saturated carbocycles. The topological polar surface area (TPSA) is 91.4 Å². The first-order valence-corrected chi connectivity index (χ1v) is 11.1. The molecule has 1 unspecified atom stereocenters. The maximum Gasteiger partial charge on any atom is 0.310 e. The summed E-state index contributed by atoms with van der Waals surface area (Å²) < 4.78 is 11.4. The van der Waals surface area contributed by atoms with Crippen molar-refractivity contribution in [1.82, 2.24) is 14.9 Å². The minimum Gasteiger partial charge on any atom is -0.508 e. The van der Waals surface area contributed by atoms with Gasteiger partial charge in [-0.3, -0.25) is 14.7 Å². The van der Waals surface area contributed by atoms with Crippen LogP contribution in [0.15, 0.2) is 64.4 Å². The van der Waals surface area contributed by atoms with Crippen LogP contribution in [0.4, 0.5) is 0 Å². The van der Waals surface area contributed by atoms with Crippen molar-refractivity contribution in [2.75, 3.05) is 26.3 Å². The number of ether oxygens (including phenoxy) is 1. The molecule has 8 nitrogen and oxygen atoms in total. The molecule has 1 N–H and O–H groups in total. The van der Waals surface area contributed by atoms with Gasteiger partial charge in [-0.05, 0) is 25.1 Å². The number of carbonyl (C=O) groups is 1. The number of carbonyl (C=O) groups excluding carboxylic acids is 1. The van der Waals surface area contributed by atoms with Gasteiger partial charge in [0.1, 0.15) is 11.5 Å². The van der Waals surface area contributed by atoms with E-state index >= 15 is 0 Å². The second-order valence-electron chi connectivity index (χ2n) is 8.33. The number of aromatic hydroxyl groups is 1. The lowest BCUT2D eigenvalue weighted by Crippen LogP contribution is -2.35. The fraction of sp³-hybridized carbons (Fsp3) is 0.320. The van der Waals surface area contributed by atoms with E-state index < -0.39 is 6.04 Å². The molecule has 33 heavy (non-hydrogen) atoms. The van der Waals surface area contributed by atoms with Crippen LogP contribution in [-0.2, 0) is 11.3 Å². The molecule has 8 heteroatoms. The fourth-order valence-electron chi connectivity index (χ4n) is 4.34. The van der Waals surface area contributed by atoms with Crippen LogP contribution in [0.1, 0.15) is 45.5 Å². The number of hydrogen-bond acceptors (Lipinski definition) is 7. The lowest BCUT2D eigenvalue weighted by atomic mass is 9.98. The molecule has 0 bridgehead atoms. The number of furan rings is 1. The summed E-state index contributed by atoms with van der Waals surface area (Å²) in [5, 5.41) is 16.6. The molecule has 2 aliphatic heterocycles. The van der Waals surface area contributed by atoms with Crippen molar-refractivity contribution in [3.05, 3.63) is 83.1 Å². The Morgan fingerprint density at radius 2 is 2.00 bits per heavy atom. The summed E-state index contributed by atoms with van der Waals surface area (Å²) in [6.07, 6.45) is 3.90. The zero-order valence-corrected chi connectivity index (χ0v) is 18.5. The highest BCUT2D eigenvalue weighted by molar-refractivity contribution is 6.04. The van der Waals surface area contributed by atoms with Gasteiger partial charge in [0.2, 0.25) is 0 Å². The SMILES string of the molecule is Cc1cc(CN2CCOCC2)oc1C(=O)N1N=C(c2cccnc2)CC1c1ccccc1O. The summed E-state index contributed by atoms with van der Waals surface area (Å²) in [5.74, 6) is 0.822. The average molecular weight is 447 g/mol. The Morgan fingerprint density at radius 1 is 1.18 bits per heavy atom. The molecule has 0 spiro atoms. The Morgan fingerprint density at radius 3 is 2.76 bits per heavy atom. The summed E-state index contributed by atoms with van der Waals surface area (Å²) in [6.45, 7) is 5.58. The monoisotopic (exact) mass is 446 g/mol. The van der Waals surface area contributed by atoms with Gasteiger partial charge < -0.3 is 14.3 Å². The first-order valence-electron chi connectivity index (χ1n) is 11.1. The minimum atomic E-state index is -0.443. The highest BCUT2D eigenvalue weighted by Gasteiger charge is 2.37. The van der Waals surface area contributed by atoms with Gasteiger partial charge in [-0.15, -0.1) is 0 Å². The molecule has 1 amide bonds. The van der Waals surface area contributed by atoms with Crippen LogP contribution in [0, 0.1) is 6.92 Å². The highest BCUT2D eigenvalue weighted by atomic mass is 16.5. The van der Waals surface area contributed by atoms with Gasteiger partial charge in [0, 0.05) is 48.6 Å². The molecule has 1 atom stereocenters. The van der Waals surface area contributed by atoms with Crippen molar-refractivity contribution in [2.24, 2.45) is 5.10 Å². The van der Waals surface area contributed by atoms with Gasteiger partial charge in [0.05, 0.1) is 31.5 Å². The van der Waals surface area contributed by atoms with E-state index in [0.29, 0.717) is 31.7 Å². The first kappa shape index (κ1) is 21.4. The standard InChI is InChI=1S/C25H26N4O4/c1-17-13-19(16-28-9-11-32-12-10-28)33-24(17)25(31)29-22(20-6-2-3-7-23(20)30)14-21(27-29)18-5-4-8-26-15-18/h2-8,13,15,22,30H,9-12,14,16H2,1H3. The molecule has 5 rings (SSSR count). The molecular formula is C25H26N4O4. The summed E-state index contributed by atoms with van der Waals surface area (Å²) >= 11 is 0. The van der Waals surface area contributed by atoms with Crippen molar-refractivity contribution in [1.29, 1.82) is 0 Å². The molecule has 2 aromatic heterocycles. The number of nitrogens with zero attached hydrogens (tertiary/aromatic N) is 4. The molecule has 1 aromatic carbocycles. The number of morpholine rings is 1. The van der Waals surface area contributed by atoms with Crippen LogP contribution in [0.2, 0.25) is 0 Å². The maximum atomic E-state index is 13.6. The molecule has 1 saturated heterocycles. The number of para-hydroxylation sites is 1. The third-order valence-electron chi connectivity index (χ3n) is 6.06. The lowest BCUT2D eigenvalue weighted by Gasteiger charge is -2.25. The van der Waals surface area contributed by atoms with Gasteiger partial charge in [-0.2, -0.15) is 5.10 Å². The fourth-order valence-corrected chi connectivity index (χ4v) is 4.34. The number of benzene rings is 1. The summed E-state index contributed by atoms with van der Waals surface area (Å²) in [7, 11) is 0. The van der Waals surface area contributed by atoms with Gasteiger partial charge >= 0.3 is 5.91 Å². The predicted octanol–water partition coefficient (Wildman–Crippen LogP) is 3.51. The van der Waals surface area contributed by atoms with Crippen molar-refractivity contribution >= 4 is 11.6 Å². The molecule has 0 radical (unpaired) electrons. The Hall–Kier alpha value is -3.49. The summed E-state index contributed by atoms with van der Waals surface area (Å²) in [4.78, 5) is 20.1. The second-order valence-corrected chi connectivity index (χ2v) is 8.33. The van der Waals surface area contributed by atoms with Crippen LogP contribution < -0.4 is 0 Å². The van der Waals surface area contributed by atoms with Crippen LogP contribution >= 0.6 is 0 Å². The van der Waals surface area contributed by atoms with E-state index in [1.165, 1.54) is 5.01 Å². The van der Waals surface area contributed by atoms with E-state index in [-0.39, 0.29) is 17.4 Å². The molecule has 0 aliphatic carbocycles. The Kier molecular flexibility index (Phi) is 5.93. The number of aromatic nitrogens is 1. The van der Waals surface area contributed by atoms with E-state index in [4.69, 9.17) is 9.15 Å². The number of hydrogen-bond donors (Lipinski definition) is 1. The number of phenols is 1. The van der Waals surface area contributed by atoms with E-state index in [9.17, 15) is 9.90 Å². The predicted molar refractivity (Wildman–Crippen MR) is 122 cm³/mol. The van der Waals surface area contributed by atoms with Crippen molar-refractivity contribution in [2.45, 2.75) is 25.9 Å². The normalized spacial score (nSPS) is 19.0. The van der Waals surface area contributed by atoms with Gasteiger partial charge in [-0.1, -0.05) is 24.3 Å². The van der Waals surface area contributed by atoms with E-state index in [0.717, 1.165) is 35.7 Å². The number of phenolic OH excluding ortho intramolecular Hbond substituents is 1. The Balaban J connectivity index is 1.46. The molecule has 4 heterocycles. The van der Waals surface area contributed by atoms with E-state index in [1.807, 2.05) is 37.3 Å². The smallest absolute Gasteiger partial charge is 0.310 e. The van der Waals surface area contributed by atoms with Crippen LogP contribution in [0.5, 0.6) is 5.75 Å². The van der Waals surface area contributed by atoms with E-state index in [2.05, 4.69) is 15.0 Å². The average Bonchev–Trinajstić information content (AvgIpc) is 3.44. The van der Waals surface area contributed by atoms with Gasteiger partial charge in [0.25, 0.3) is 0 Å². The lowest BCUT2D eigenvalue weighted by molar-refractivity contribution is 0.0309. The van der Waals surface area contributed by atoms with Gasteiger partial charge in [-0.25, -0.2) is 5.01 Å². The third kappa shape index (κ3) is 4.40. The molecular weight excluding hydrogens is 420 g/mol.